The summed E-state index contributed by atoms with van der Waals surface area (Å²) >= 11 is 5.82. The number of hydrazone groups is 1. The molecule has 24 heavy (non-hydrogen) atoms. The molecular formula is C17H17ClN2O4. The number of nitrogens with one attached hydrogen (secondary N) is 1. The number of aromatic hydroxyl groups is 1. The van der Waals surface area contributed by atoms with Crippen molar-refractivity contribution in [3.8, 4) is 17.2 Å². The van der Waals surface area contributed by atoms with E-state index < -0.39 is 5.91 Å². The molecule has 0 aromatic heterocycles. The van der Waals surface area contributed by atoms with Gasteiger partial charge in [-0.3, -0.25) is 4.79 Å². The van der Waals surface area contributed by atoms with Gasteiger partial charge in [0.05, 0.1) is 12.8 Å². The number of hydrogen-bond donors (Lipinski definition) is 2. The molecule has 0 radical (unpaired) electrons. The lowest BCUT2D eigenvalue weighted by Crippen LogP contribution is -2.24. The van der Waals surface area contributed by atoms with Crippen LogP contribution in [-0.4, -0.2) is 30.4 Å². The van der Waals surface area contributed by atoms with Gasteiger partial charge in [-0.15, -0.1) is 0 Å². The fourth-order valence-electron chi connectivity index (χ4n) is 1.82. The quantitative estimate of drug-likeness (QED) is 0.595. The van der Waals surface area contributed by atoms with Crippen LogP contribution in [0.5, 0.6) is 17.2 Å². The van der Waals surface area contributed by atoms with E-state index in [9.17, 15) is 9.90 Å². The highest BCUT2D eigenvalue weighted by Crippen LogP contribution is 2.26. The third-order valence-electron chi connectivity index (χ3n) is 2.89. The number of phenols is 1. The molecule has 2 aromatic rings. The highest BCUT2D eigenvalue weighted by atomic mass is 35.5. The minimum Gasteiger partial charge on any atom is -0.507 e. The van der Waals surface area contributed by atoms with Crippen molar-refractivity contribution < 1.29 is 19.4 Å². The van der Waals surface area contributed by atoms with E-state index >= 15 is 0 Å². The van der Waals surface area contributed by atoms with Crippen LogP contribution < -0.4 is 14.9 Å². The van der Waals surface area contributed by atoms with Crippen molar-refractivity contribution >= 4 is 23.7 Å². The van der Waals surface area contributed by atoms with Crippen LogP contribution in [0.4, 0.5) is 0 Å². The Bertz CT molecular complexity index is 734. The number of nitrogens with zero attached hydrogens (tertiary/aromatic N) is 1. The van der Waals surface area contributed by atoms with Gasteiger partial charge in [0, 0.05) is 10.6 Å². The molecule has 0 fully saturated rings. The fourth-order valence-corrected chi connectivity index (χ4v) is 2.00. The highest BCUT2D eigenvalue weighted by Gasteiger charge is 2.06. The molecule has 0 aliphatic rings. The molecule has 0 heterocycles. The van der Waals surface area contributed by atoms with Gasteiger partial charge in [-0.05, 0) is 37.3 Å². The van der Waals surface area contributed by atoms with Crippen LogP contribution >= 0.6 is 11.6 Å². The molecule has 0 aliphatic carbocycles. The number of para-hydroxylation sites is 2. The molecule has 2 rings (SSSR count). The van der Waals surface area contributed by atoms with Crippen molar-refractivity contribution in [3.05, 3.63) is 53.1 Å². The predicted molar refractivity (Wildman–Crippen MR) is 92.0 cm³/mol. The maximum Gasteiger partial charge on any atom is 0.277 e. The van der Waals surface area contributed by atoms with E-state index in [1.807, 2.05) is 13.0 Å². The Morgan fingerprint density at radius 2 is 1.96 bits per heavy atom. The molecule has 0 saturated carbocycles. The van der Waals surface area contributed by atoms with Gasteiger partial charge in [-0.2, -0.15) is 5.10 Å². The second-order valence-electron chi connectivity index (χ2n) is 4.66. The Morgan fingerprint density at radius 3 is 2.67 bits per heavy atom. The summed E-state index contributed by atoms with van der Waals surface area (Å²) in [4.78, 5) is 11.7. The van der Waals surface area contributed by atoms with E-state index in [0.29, 0.717) is 28.7 Å². The van der Waals surface area contributed by atoms with Gasteiger partial charge in [0.15, 0.2) is 18.1 Å². The largest absolute Gasteiger partial charge is 0.507 e. The van der Waals surface area contributed by atoms with Crippen LogP contribution in [0.15, 0.2) is 47.6 Å². The number of halogens is 1. The van der Waals surface area contributed by atoms with Gasteiger partial charge in [-0.25, -0.2) is 5.43 Å². The molecule has 6 nitrogen and oxygen atoms in total. The van der Waals surface area contributed by atoms with Gasteiger partial charge < -0.3 is 14.6 Å². The van der Waals surface area contributed by atoms with Crippen molar-refractivity contribution in [3.63, 3.8) is 0 Å². The van der Waals surface area contributed by atoms with E-state index in [0.717, 1.165) is 0 Å². The maximum atomic E-state index is 11.7. The van der Waals surface area contributed by atoms with Gasteiger partial charge >= 0.3 is 0 Å². The molecule has 0 unspecified atom stereocenters. The van der Waals surface area contributed by atoms with E-state index in [2.05, 4.69) is 10.5 Å². The van der Waals surface area contributed by atoms with E-state index in [1.165, 1.54) is 18.3 Å². The van der Waals surface area contributed by atoms with Crippen LogP contribution in [0.25, 0.3) is 0 Å². The van der Waals surface area contributed by atoms with Gasteiger partial charge in [0.1, 0.15) is 5.75 Å². The first-order chi connectivity index (χ1) is 11.6. The second-order valence-corrected chi connectivity index (χ2v) is 5.10. The third kappa shape index (κ3) is 5.17. The molecule has 126 valence electrons. The second kappa shape index (κ2) is 8.79. The molecule has 0 atom stereocenters. The number of ether oxygens (including phenoxy) is 2. The number of rotatable bonds is 7. The number of hydrogen-bond acceptors (Lipinski definition) is 5. The molecule has 1 amide bonds. The first-order valence-electron chi connectivity index (χ1n) is 7.25. The fraction of sp³-hybridized carbons (Fsp3) is 0.176. The van der Waals surface area contributed by atoms with Crippen LogP contribution in [0.2, 0.25) is 5.02 Å². The van der Waals surface area contributed by atoms with Crippen molar-refractivity contribution in [1.29, 1.82) is 0 Å². The molecule has 0 aliphatic heterocycles. The van der Waals surface area contributed by atoms with E-state index in [1.54, 1.807) is 24.3 Å². The first-order valence-corrected chi connectivity index (χ1v) is 7.63. The summed E-state index contributed by atoms with van der Waals surface area (Å²) < 4.78 is 10.8. The Kier molecular flexibility index (Phi) is 6.45. The maximum absolute atomic E-state index is 11.7. The lowest BCUT2D eigenvalue weighted by molar-refractivity contribution is -0.123. The average molecular weight is 349 g/mol. The average Bonchev–Trinajstić information content (AvgIpc) is 2.57. The monoisotopic (exact) mass is 348 g/mol. The SMILES string of the molecule is CCOc1ccccc1OCC(=O)N/N=C/c1cc(Cl)ccc1O. The smallest absolute Gasteiger partial charge is 0.277 e. The normalized spacial score (nSPS) is 10.6. The zero-order chi connectivity index (χ0) is 17.4. The van der Waals surface area contributed by atoms with Crippen molar-refractivity contribution in [2.24, 2.45) is 5.10 Å². The minimum atomic E-state index is -0.445. The summed E-state index contributed by atoms with van der Waals surface area (Å²) in [5.41, 5.74) is 2.70. The van der Waals surface area contributed by atoms with E-state index in [-0.39, 0.29) is 12.4 Å². The lowest BCUT2D eigenvalue weighted by atomic mass is 10.2. The molecule has 2 aromatic carbocycles. The van der Waals surface area contributed by atoms with Gasteiger partial charge in [0.25, 0.3) is 5.91 Å². The minimum absolute atomic E-state index is 0.0132. The van der Waals surface area contributed by atoms with Crippen LogP contribution in [-0.2, 0) is 4.79 Å². The third-order valence-corrected chi connectivity index (χ3v) is 3.13. The topological polar surface area (TPSA) is 80.2 Å². The van der Waals surface area contributed by atoms with Crippen LogP contribution in [0.1, 0.15) is 12.5 Å². The van der Waals surface area contributed by atoms with Gasteiger partial charge in [0.2, 0.25) is 0 Å². The Balaban J connectivity index is 1.88. The van der Waals surface area contributed by atoms with E-state index in [4.69, 9.17) is 21.1 Å². The molecular weight excluding hydrogens is 332 g/mol. The Labute approximate surface area is 144 Å². The standard InChI is InChI=1S/C17H17ClN2O4/c1-2-23-15-5-3-4-6-16(15)24-11-17(22)20-19-10-12-9-13(18)7-8-14(12)21/h3-10,21H,2,11H2,1H3,(H,20,22)/b19-10+. The van der Waals surface area contributed by atoms with Gasteiger partial charge in [-0.1, -0.05) is 23.7 Å². The number of carbonyl (C=O) groups excluding carboxylic acids is 1. The van der Waals surface area contributed by atoms with Crippen molar-refractivity contribution in [2.45, 2.75) is 6.92 Å². The number of amides is 1. The number of carbonyl (C=O) groups is 1. The summed E-state index contributed by atoms with van der Waals surface area (Å²) in [5, 5.41) is 13.8. The van der Waals surface area contributed by atoms with Crippen molar-refractivity contribution in [1.82, 2.24) is 5.43 Å². The molecule has 2 N–H and O–H groups in total. The zero-order valence-corrected chi connectivity index (χ0v) is 13.8. The number of phenolic OH excluding ortho intramolecular Hbond substituents is 1. The summed E-state index contributed by atoms with van der Waals surface area (Å²) in [6, 6.07) is 11.6. The predicted octanol–water partition coefficient (Wildman–Crippen LogP) is 2.97. The highest BCUT2D eigenvalue weighted by molar-refractivity contribution is 6.30. The molecule has 0 spiro atoms. The summed E-state index contributed by atoms with van der Waals surface area (Å²) in [5.74, 6) is 0.615. The lowest BCUT2D eigenvalue weighted by Gasteiger charge is -2.10. The first kappa shape index (κ1) is 17.6. The molecule has 7 heteroatoms. The van der Waals surface area contributed by atoms with Crippen molar-refractivity contribution in [2.75, 3.05) is 13.2 Å². The Hall–Kier alpha value is -2.73. The zero-order valence-electron chi connectivity index (χ0n) is 13.0. The Morgan fingerprint density at radius 1 is 1.25 bits per heavy atom. The van der Waals surface area contributed by atoms with Crippen LogP contribution in [0.3, 0.4) is 0 Å². The molecule has 0 saturated heterocycles. The molecule has 0 bridgehead atoms. The van der Waals surface area contributed by atoms with Crippen LogP contribution in [0, 0.1) is 0 Å². The number of benzene rings is 2. The summed E-state index contributed by atoms with van der Waals surface area (Å²) in [6.45, 7) is 2.15. The summed E-state index contributed by atoms with van der Waals surface area (Å²) in [7, 11) is 0. The summed E-state index contributed by atoms with van der Waals surface area (Å²) in [6.07, 6.45) is 1.30.